The molecule has 0 amide bonds. The monoisotopic (exact) mass is 537 g/mol. The number of carbonyl (C=O) groups excluding carboxylic acids is 2. The fraction of sp³-hybridized carbons (Fsp3) is 0.433. The molecule has 0 saturated heterocycles. The van der Waals surface area contributed by atoms with Gasteiger partial charge in [-0.3, -0.25) is 14.6 Å². The van der Waals surface area contributed by atoms with Crippen LogP contribution in [0.2, 0.25) is 0 Å². The van der Waals surface area contributed by atoms with Crippen molar-refractivity contribution < 1.29 is 28.5 Å². The lowest BCUT2D eigenvalue weighted by atomic mass is 9.69. The lowest BCUT2D eigenvalue weighted by molar-refractivity contribution is -0.148. The summed E-state index contributed by atoms with van der Waals surface area (Å²) in [4.78, 5) is 33.1. The Morgan fingerprint density at radius 3 is 2.37 bits per heavy atom. The number of benzene rings is 2. The van der Waals surface area contributed by atoms with E-state index >= 15 is 0 Å². The van der Waals surface area contributed by atoms with Crippen LogP contribution in [-0.4, -0.2) is 57.8 Å². The molecular formula is C30H35NO6S. The van der Waals surface area contributed by atoms with E-state index in [1.165, 1.54) is 0 Å². The number of nitrogens with zero attached hydrogens (tertiary/aromatic N) is 1. The number of hydrogen-bond acceptors (Lipinski definition) is 8. The predicted molar refractivity (Wildman–Crippen MR) is 149 cm³/mol. The summed E-state index contributed by atoms with van der Waals surface area (Å²) in [7, 11) is 3.20. The molecule has 3 atom stereocenters. The topological polar surface area (TPSA) is 83.4 Å². The van der Waals surface area contributed by atoms with Gasteiger partial charge in [0.15, 0.2) is 17.3 Å². The SMILES string of the molecule is CCOCCOC(=O)C1C(C)=NC2=C(C(=O)C[C@H](c3ccc(OC)c(OC)c3)C2)[C@H]1c1ccc(SC)cc1. The molecule has 0 fully saturated rings. The normalized spacial score (nSPS) is 21.0. The zero-order valence-corrected chi connectivity index (χ0v) is 23.4. The Hall–Kier alpha value is -3.10. The number of ether oxygens (including phenoxy) is 4. The smallest absolute Gasteiger partial charge is 0.315 e. The van der Waals surface area contributed by atoms with Crippen LogP contribution < -0.4 is 9.47 Å². The molecule has 0 radical (unpaired) electrons. The Labute approximate surface area is 228 Å². The number of esters is 1. The van der Waals surface area contributed by atoms with Crippen LogP contribution in [0.1, 0.15) is 49.7 Å². The van der Waals surface area contributed by atoms with E-state index in [0.29, 0.717) is 48.8 Å². The highest BCUT2D eigenvalue weighted by Crippen LogP contribution is 2.47. The van der Waals surface area contributed by atoms with Gasteiger partial charge in [-0.25, -0.2) is 0 Å². The largest absolute Gasteiger partial charge is 0.493 e. The summed E-state index contributed by atoms with van der Waals surface area (Å²) in [5.41, 5.74) is 3.93. The van der Waals surface area contributed by atoms with E-state index in [-0.39, 0.29) is 24.3 Å². The van der Waals surface area contributed by atoms with Gasteiger partial charge < -0.3 is 18.9 Å². The lowest BCUT2D eigenvalue weighted by Crippen LogP contribution is -2.38. The second-order valence-corrected chi connectivity index (χ2v) is 10.2. The third-order valence-corrected chi connectivity index (χ3v) is 7.92. The van der Waals surface area contributed by atoms with Crippen LogP contribution in [0.5, 0.6) is 11.5 Å². The number of thioether (sulfide) groups is 1. The Balaban J connectivity index is 1.71. The van der Waals surface area contributed by atoms with Gasteiger partial charge in [-0.15, -0.1) is 11.8 Å². The number of rotatable bonds is 10. The fourth-order valence-electron chi connectivity index (χ4n) is 5.31. The number of ketones is 1. The van der Waals surface area contributed by atoms with Crippen molar-refractivity contribution in [3.05, 3.63) is 64.9 Å². The van der Waals surface area contributed by atoms with Gasteiger partial charge in [0.25, 0.3) is 0 Å². The molecule has 4 rings (SSSR count). The van der Waals surface area contributed by atoms with E-state index in [2.05, 4.69) is 0 Å². The standard InChI is InChI=1S/C30H35NO6S/c1-6-36-13-14-37-30(33)27-18(2)31-23-15-21(20-9-12-25(34-3)26(17-20)35-4)16-24(32)29(23)28(27)19-7-10-22(38-5)11-8-19/h7-12,17,21,27-28H,6,13-16H2,1-5H3/t21-,27?,28+/m1/s1. The maximum atomic E-state index is 13.8. The molecule has 8 heteroatoms. The van der Waals surface area contributed by atoms with Gasteiger partial charge >= 0.3 is 5.97 Å². The molecule has 2 aliphatic rings. The van der Waals surface area contributed by atoms with Gasteiger partial charge in [0, 0.05) is 40.8 Å². The number of allylic oxidation sites excluding steroid dienone is 2. The van der Waals surface area contributed by atoms with E-state index in [1.807, 2.05) is 62.6 Å². The first-order valence-corrected chi connectivity index (χ1v) is 14.1. The number of hydrogen-bond donors (Lipinski definition) is 0. The van der Waals surface area contributed by atoms with Gasteiger partial charge in [-0.1, -0.05) is 18.2 Å². The summed E-state index contributed by atoms with van der Waals surface area (Å²) < 4.78 is 21.8. The Morgan fingerprint density at radius 2 is 1.71 bits per heavy atom. The van der Waals surface area contributed by atoms with Crippen molar-refractivity contribution in [1.82, 2.24) is 0 Å². The van der Waals surface area contributed by atoms with Crippen molar-refractivity contribution in [2.75, 3.05) is 40.3 Å². The van der Waals surface area contributed by atoms with E-state index in [1.54, 1.807) is 26.0 Å². The van der Waals surface area contributed by atoms with Crippen molar-refractivity contribution in [3.8, 4) is 11.5 Å². The van der Waals surface area contributed by atoms with Crippen LogP contribution in [-0.2, 0) is 19.1 Å². The zero-order chi connectivity index (χ0) is 27.2. The van der Waals surface area contributed by atoms with E-state index in [4.69, 9.17) is 23.9 Å². The molecule has 1 aliphatic carbocycles. The quantitative estimate of drug-likeness (QED) is 0.222. The Kier molecular flexibility index (Phi) is 9.28. The van der Waals surface area contributed by atoms with E-state index in [0.717, 1.165) is 21.7 Å². The van der Waals surface area contributed by atoms with Crippen LogP contribution in [0.15, 0.2) is 63.6 Å². The minimum Gasteiger partial charge on any atom is -0.493 e. The molecule has 2 aromatic rings. The highest BCUT2D eigenvalue weighted by Gasteiger charge is 2.44. The van der Waals surface area contributed by atoms with Crippen molar-refractivity contribution >= 4 is 29.2 Å². The van der Waals surface area contributed by atoms with Crippen LogP contribution in [0, 0.1) is 5.92 Å². The number of carbonyl (C=O) groups is 2. The Morgan fingerprint density at radius 1 is 1.00 bits per heavy atom. The minimum absolute atomic E-state index is 0.00773. The summed E-state index contributed by atoms with van der Waals surface area (Å²) in [5.74, 6) is -0.271. The summed E-state index contributed by atoms with van der Waals surface area (Å²) in [5, 5.41) is 0. The molecule has 2 aromatic carbocycles. The molecule has 38 heavy (non-hydrogen) atoms. The molecule has 0 spiro atoms. The maximum Gasteiger partial charge on any atom is 0.315 e. The molecule has 0 saturated carbocycles. The maximum absolute atomic E-state index is 13.8. The number of methoxy groups -OCH3 is 2. The average molecular weight is 538 g/mol. The zero-order valence-electron chi connectivity index (χ0n) is 22.6. The van der Waals surface area contributed by atoms with Crippen molar-refractivity contribution in [1.29, 1.82) is 0 Å². The Bertz CT molecular complexity index is 1240. The summed E-state index contributed by atoms with van der Waals surface area (Å²) in [6.07, 6.45) is 2.94. The van der Waals surface area contributed by atoms with Crippen molar-refractivity contribution in [2.24, 2.45) is 10.9 Å². The second-order valence-electron chi connectivity index (χ2n) is 9.35. The van der Waals surface area contributed by atoms with Crippen LogP contribution in [0.4, 0.5) is 0 Å². The van der Waals surface area contributed by atoms with Crippen LogP contribution in [0.25, 0.3) is 0 Å². The third kappa shape index (κ3) is 5.81. The van der Waals surface area contributed by atoms with Crippen LogP contribution in [0.3, 0.4) is 0 Å². The number of Topliss-reactive ketones (excluding diaryl/α,β-unsaturated/α-hetero) is 1. The van der Waals surface area contributed by atoms with E-state index in [9.17, 15) is 9.59 Å². The third-order valence-electron chi connectivity index (χ3n) is 7.17. The lowest BCUT2D eigenvalue weighted by Gasteiger charge is -2.36. The van der Waals surface area contributed by atoms with Gasteiger partial charge in [0.1, 0.15) is 12.5 Å². The first kappa shape index (κ1) is 27.9. The van der Waals surface area contributed by atoms with Crippen molar-refractivity contribution in [3.63, 3.8) is 0 Å². The molecular weight excluding hydrogens is 502 g/mol. The van der Waals surface area contributed by atoms with Crippen molar-refractivity contribution in [2.45, 2.75) is 43.4 Å². The molecule has 0 aromatic heterocycles. The molecule has 202 valence electrons. The summed E-state index contributed by atoms with van der Waals surface area (Å²) in [6, 6.07) is 13.8. The van der Waals surface area contributed by atoms with Gasteiger partial charge in [0.2, 0.25) is 0 Å². The highest BCUT2D eigenvalue weighted by atomic mass is 32.2. The van der Waals surface area contributed by atoms with Gasteiger partial charge in [-0.05, 0) is 67.8 Å². The summed E-state index contributed by atoms with van der Waals surface area (Å²) >= 11 is 1.65. The average Bonchev–Trinajstić information content (AvgIpc) is 2.94. The predicted octanol–water partition coefficient (Wildman–Crippen LogP) is 5.58. The fourth-order valence-corrected chi connectivity index (χ4v) is 5.72. The van der Waals surface area contributed by atoms with Crippen LogP contribution >= 0.6 is 11.8 Å². The molecule has 1 aliphatic heterocycles. The summed E-state index contributed by atoms with van der Waals surface area (Å²) in [6.45, 7) is 4.80. The first-order valence-electron chi connectivity index (χ1n) is 12.8. The second kappa shape index (κ2) is 12.6. The first-order chi connectivity index (χ1) is 18.4. The molecule has 1 heterocycles. The molecule has 7 nitrogen and oxygen atoms in total. The highest BCUT2D eigenvalue weighted by molar-refractivity contribution is 7.98. The minimum atomic E-state index is -0.669. The van der Waals surface area contributed by atoms with Gasteiger partial charge in [-0.2, -0.15) is 0 Å². The van der Waals surface area contributed by atoms with E-state index < -0.39 is 11.8 Å². The molecule has 1 unspecified atom stereocenters. The molecule has 0 bridgehead atoms. The van der Waals surface area contributed by atoms with Gasteiger partial charge in [0.05, 0.1) is 20.8 Å². The number of aliphatic imine (C=N–C) groups is 1. The molecule has 0 N–H and O–H groups in total.